The molecular formula is C18H22N2O4. The lowest BCUT2D eigenvalue weighted by Crippen LogP contribution is -2.26. The van der Waals surface area contributed by atoms with Crippen LogP contribution in [0.25, 0.3) is 0 Å². The van der Waals surface area contributed by atoms with E-state index < -0.39 is 0 Å². The minimum Gasteiger partial charge on any atom is -0.493 e. The Bertz CT molecular complexity index is 699. The molecule has 0 aliphatic carbocycles. The average molecular weight is 330 g/mol. The summed E-state index contributed by atoms with van der Waals surface area (Å²) in [5, 5.41) is 2.88. The summed E-state index contributed by atoms with van der Waals surface area (Å²) in [6.07, 6.45) is 2.52. The van der Waals surface area contributed by atoms with E-state index in [1.807, 2.05) is 25.3 Å². The van der Waals surface area contributed by atoms with Crippen LogP contribution in [0.15, 0.2) is 30.5 Å². The van der Waals surface area contributed by atoms with Gasteiger partial charge in [-0.25, -0.2) is 0 Å². The maximum absolute atomic E-state index is 12.4. The SMILES string of the molecule is COc1ccc(C(=O)NCCc2ccc(C)nc2)c(OC)c1OC. The number of rotatable bonds is 7. The normalized spacial score (nSPS) is 10.2. The summed E-state index contributed by atoms with van der Waals surface area (Å²) < 4.78 is 15.8. The lowest BCUT2D eigenvalue weighted by atomic mass is 10.1. The summed E-state index contributed by atoms with van der Waals surface area (Å²) in [5.74, 6) is 1.03. The predicted molar refractivity (Wildman–Crippen MR) is 91.1 cm³/mol. The summed E-state index contributed by atoms with van der Waals surface area (Å²) in [6, 6.07) is 7.29. The van der Waals surface area contributed by atoms with Crippen LogP contribution in [0.3, 0.4) is 0 Å². The van der Waals surface area contributed by atoms with E-state index in [9.17, 15) is 4.79 Å². The minimum absolute atomic E-state index is 0.229. The molecule has 24 heavy (non-hydrogen) atoms. The zero-order valence-corrected chi connectivity index (χ0v) is 14.4. The van der Waals surface area contributed by atoms with Crippen LogP contribution in [0.4, 0.5) is 0 Å². The van der Waals surface area contributed by atoms with E-state index in [2.05, 4.69) is 10.3 Å². The van der Waals surface area contributed by atoms with Crippen molar-refractivity contribution in [2.75, 3.05) is 27.9 Å². The number of ether oxygens (including phenoxy) is 3. The van der Waals surface area contributed by atoms with Gasteiger partial charge in [0.15, 0.2) is 11.5 Å². The number of nitrogens with one attached hydrogen (secondary N) is 1. The van der Waals surface area contributed by atoms with E-state index in [0.717, 1.165) is 11.3 Å². The monoisotopic (exact) mass is 330 g/mol. The van der Waals surface area contributed by atoms with Crippen LogP contribution in [0.1, 0.15) is 21.6 Å². The van der Waals surface area contributed by atoms with Gasteiger partial charge < -0.3 is 19.5 Å². The van der Waals surface area contributed by atoms with Crippen LogP contribution in [0.5, 0.6) is 17.2 Å². The van der Waals surface area contributed by atoms with Crippen LogP contribution in [-0.4, -0.2) is 38.8 Å². The molecular weight excluding hydrogens is 308 g/mol. The summed E-state index contributed by atoms with van der Waals surface area (Å²) in [6.45, 7) is 2.44. The van der Waals surface area contributed by atoms with E-state index in [1.54, 1.807) is 12.1 Å². The largest absolute Gasteiger partial charge is 0.493 e. The topological polar surface area (TPSA) is 69.7 Å². The van der Waals surface area contributed by atoms with E-state index in [1.165, 1.54) is 21.3 Å². The van der Waals surface area contributed by atoms with Crippen molar-refractivity contribution in [3.8, 4) is 17.2 Å². The zero-order chi connectivity index (χ0) is 17.5. The van der Waals surface area contributed by atoms with Gasteiger partial charge in [0.1, 0.15) is 0 Å². The Balaban J connectivity index is 2.07. The van der Waals surface area contributed by atoms with E-state index in [-0.39, 0.29) is 5.91 Å². The van der Waals surface area contributed by atoms with Gasteiger partial charge in [0, 0.05) is 18.4 Å². The highest BCUT2D eigenvalue weighted by molar-refractivity contribution is 5.98. The third-order valence-corrected chi connectivity index (χ3v) is 3.62. The number of nitrogens with zero attached hydrogens (tertiary/aromatic N) is 1. The van der Waals surface area contributed by atoms with Crippen LogP contribution >= 0.6 is 0 Å². The molecule has 0 spiro atoms. The van der Waals surface area contributed by atoms with Crippen molar-refractivity contribution in [2.24, 2.45) is 0 Å². The van der Waals surface area contributed by atoms with Gasteiger partial charge in [0.25, 0.3) is 5.91 Å². The smallest absolute Gasteiger partial charge is 0.255 e. The molecule has 0 aliphatic heterocycles. The standard InChI is InChI=1S/C18H22N2O4/c1-12-5-6-13(11-20-12)9-10-19-18(21)14-7-8-15(22-2)17(24-4)16(14)23-3/h5-8,11H,9-10H2,1-4H3,(H,19,21). The van der Waals surface area contributed by atoms with Crippen molar-refractivity contribution >= 4 is 5.91 Å². The highest BCUT2D eigenvalue weighted by Crippen LogP contribution is 2.39. The van der Waals surface area contributed by atoms with Gasteiger partial charge in [0.2, 0.25) is 5.75 Å². The highest BCUT2D eigenvalue weighted by atomic mass is 16.5. The third kappa shape index (κ3) is 3.95. The molecule has 0 radical (unpaired) electrons. The Morgan fingerprint density at radius 3 is 2.38 bits per heavy atom. The van der Waals surface area contributed by atoms with Gasteiger partial charge in [0.05, 0.1) is 26.9 Å². The number of methoxy groups -OCH3 is 3. The molecule has 0 bridgehead atoms. The number of hydrogen-bond donors (Lipinski definition) is 1. The summed E-state index contributed by atoms with van der Waals surface area (Å²) in [4.78, 5) is 16.7. The van der Waals surface area contributed by atoms with Crippen molar-refractivity contribution in [1.29, 1.82) is 0 Å². The molecule has 6 nitrogen and oxygen atoms in total. The van der Waals surface area contributed by atoms with Crippen molar-refractivity contribution < 1.29 is 19.0 Å². The molecule has 0 saturated heterocycles. The fourth-order valence-corrected chi connectivity index (χ4v) is 2.34. The molecule has 1 amide bonds. The first-order valence-corrected chi connectivity index (χ1v) is 7.59. The van der Waals surface area contributed by atoms with Crippen molar-refractivity contribution in [3.05, 3.63) is 47.3 Å². The molecule has 2 aromatic rings. The first kappa shape index (κ1) is 17.6. The van der Waals surface area contributed by atoms with Crippen molar-refractivity contribution in [3.63, 3.8) is 0 Å². The van der Waals surface area contributed by atoms with Gasteiger partial charge in [-0.2, -0.15) is 0 Å². The first-order valence-electron chi connectivity index (χ1n) is 7.59. The average Bonchev–Trinajstić information content (AvgIpc) is 2.61. The van der Waals surface area contributed by atoms with Gasteiger partial charge in [-0.15, -0.1) is 0 Å². The van der Waals surface area contributed by atoms with Gasteiger partial charge in [-0.1, -0.05) is 6.07 Å². The summed E-state index contributed by atoms with van der Waals surface area (Å²) in [7, 11) is 4.53. The van der Waals surface area contributed by atoms with Crippen LogP contribution < -0.4 is 19.5 Å². The number of pyridine rings is 1. The fourth-order valence-electron chi connectivity index (χ4n) is 2.34. The third-order valence-electron chi connectivity index (χ3n) is 3.62. The maximum Gasteiger partial charge on any atom is 0.255 e. The minimum atomic E-state index is -0.229. The second-order valence-corrected chi connectivity index (χ2v) is 5.20. The molecule has 0 unspecified atom stereocenters. The summed E-state index contributed by atoms with van der Waals surface area (Å²) >= 11 is 0. The number of aromatic nitrogens is 1. The van der Waals surface area contributed by atoms with Crippen LogP contribution in [0.2, 0.25) is 0 Å². The Morgan fingerprint density at radius 1 is 1.04 bits per heavy atom. The first-order chi connectivity index (χ1) is 11.6. The molecule has 1 aromatic carbocycles. The Hall–Kier alpha value is -2.76. The van der Waals surface area contributed by atoms with E-state index >= 15 is 0 Å². The number of amides is 1. The van der Waals surface area contributed by atoms with Gasteiger partial charge in [-0.3, -0.25) is 9.78 Å². The molecule has 1 heterocycles. The van der Waals surface area contributed by atoms with Gasteiger partial charge in [-0.05, 0) is 37.1 Å². The molecule has 128 valence electrons. The quantitative estimate of drug-likeness (QED) is 0.844. The number of carbonyl (C=O) groups excluding carboxylic acids is 1. The lowest BCUT2D eigenvalue weighted by Gasteiger charge is -2.15. The Labute approximate surface area is 141 Å². The second-order valence-electron chi connectivity index (χ2n) is 5.20. The molecule has 1 aromatic heterocycles. The predicted octanol–water partition coefficient (Wildman–Crippen LogP) is 2.39. The molecule has 0 aliphatic rings. The lowest BCUT2D eigenvalue weighted by molar-refractivity contribution is 0.0950. The molecule has 2 rings (SSSR count). The van der Waals surface area contributed by atoms with E-state index in [4.69, 9.17) is 14.2 Å². The maximum atomic E-state index is 12.4. The highest BCUT2D eigenvalue weighted by Gasteiger charge is 2.20. The number of hydrogen-bond acceptors (Lipinski definition) is 5. The Morgan fingerprint density at radius 2 is 1.79 bits per heavy atom. The van der Waals surface area contributed by atoms with Crippen LogP contribution in [-0.2, 0) is 6.42 Å². The Kier molecular flexibility index (Phi) is 6.01. The molecule has 0 saturated carbocycles. The van der Waals surface area contributed by atoms with Gasteiger partial charge >= 0.3 is 0 Å². The number of carbonyl (C=O) groups is 1. The number of benzene rings is 1. The van der Waals surface area contributed by atoms with E-state index in [0.29, 0.717) is 35.8 Å². The van der Waals surface area contributed by atoms with Crippen molar-refractivity contribution in [2.45, 2.75) is 13.3 Å². The molecule has 0 atom stereocenters. The molecule has 0 fully saturated rings. The number of aryl methyl sites for hydroxylation is 1. The second kappa shape index (κ2) is 8.19. The zero-order valence-electron chi connectivity index (χ0n) is 14.4. The molecule has 1 N–H and O–H groups in total. The fraction of sp³-hybridized carbons (Fsp3) is 0.333. The summed E-state index contributed by atoms with van der Waals surface area (Å²) in [5.41, 5.74) is 2.44. The van der Waals surface area contributed by atoms with Crippen LogP contribution in [0, 0.1) is 6.92 Å². The molecule has 6 heteroatoms. The van der Waals surface area contributed by atoms with Crippen molar-refractivity contribution in [1.82, 2.24) is 10.3 Å².